The summed E-state index contributed by atoms with van der Waals surface area (Å²) in [4.78, 5) is 17.4. The van der Waals surface area contributed by atoms with Crippen LogP contribution in [0.2, 0.25) is 0 Å². The lowest BCUT2D eigenvalue weighted by Crippen LogP contribution is -2.27. The van der Waals surface area contributed by atoms with Gasteiger partial charge in [-0.1, -0.05) is 24.3 Å². The number of amides is 1. The predicted octanol–water partition coefficient (Wildman–Crippen LogP) is 3.69. The van der Waals surface area contributed by atoms with Gasteiger partial charge >= 0.3 is 6.18 Å². The van der Waals surface area contributed by atoms with Gasteiger partial charge in [-0.25, -0.2) is 0 Å². The van der Waals surface area contributed by atoms with Crippen LogP contribution in [0.4, 0.5) is 13.2 Å². The number of hydrogen-bond donors (Lipinski definition) is 0. The first-order valence-electron chi connectivity index (χ1n) is 7.16. The topological polar surface area (TPSA) is 33.2 Å². The van der Waals surface area contributed by atoms with Crippen LogP contribution in [0, 0.1) is 0 Å². The van der Waals surface area contributed by atoms with Crippen molar-refractivity contribution in [3.8, 4) is 0 Å². The first-order valence-corrected chi connectivity index (χ1v) is 7.16. The fraction of sp³-hybridized carbons (Fsp3) is 0.294. The summed E-state index contributed by atoms with van der Waals surface area (Å²) in [6.45, 7) is -0.0679. The van der Waals surface area contributed by atoms with E-state index < -0.39 is 11.7 Å². The molecule has 1 heterocycles. The number of alkyl halides is 3. The zero-order valence-corrected chi connectivity index (χ0v) is 12.7. The second-order valence-corrected chi connectivity index (χ2v) is 5.27. The molecule has 1 aromatic heterocycles. The molecule has 3 nitrogen and oxygen atoms in total. The summed E-state index contributed by atoms with van der Waals surface area (Å²) in [6.07, 6.45) is -0.359. The van der Waals surface area contributed by atoms with E-state index in [0.29, 0.717) is 6.42 Å². The summed E-state index contributed by atoms with van der Waals surface area (Å²) in [5, 5.41) is 0. The van der Waals surface area contributed by atoms with Crippen molar-refractivity contribution < 1.29 is 18.0 Å². The van der Waals surface area contributed by atoms with Crippen LogP contribution in [0.5, 0.6) is 0 Å². The van der Waals surface area contributed by atoms with Crippen LogP contribution >= 0.6 is 0 Å². The molecule has 0 aliphatic heterocycles. The number of aryl methyl sites for hydroxylation is 1. The van der Waals surface area contributed by atoms with Crippen molar-refractivity contribution in [1.82, 2.24) is 9.88 Å². The smallest absolute Gasteiger partial charge is 0.341 e. The molecular formula is C17H17F3N2O. The van der Waals surface area contributed by atoms with Gasteiger partial charge in [0.15, 0.2) is 0 Å². The summed E-state index contributed by atoms with van der Waals surface area (Å²) < 4.78 is 38.9. The summed E-state index contributed by atoms with van der Waals surface area (Å²) in [5.41, 5.74) is 0.314. The Hall–Kier alpha value is -2.37. The van der Waals surface area contributed by atoms with Gasteiger partial charge < -0.3 is 4.90 Å². The maximum atomic E-state index is 13.0. The lowest BCUT2D eigenvalue weighted by molar-refractivity contribution is -0.139. The lowest BCUT2D eigenvalue weighted by atomic mass is 10.1. The van der Waals surface area contributed by atoms with Gasteiger partial charge in [-0.2, -0.15) is 13.2 Å². The molecule has 6 heteroatoms. The van der Waals surface area contributed by atoms with Gasteiger partial charge in [0.2, 0.25) is 5.91 Å². The highest BCUT2D eigenvalue weighted by Gasteiger charge is 2.33. The fourth-order valence-electron chi connectivity index (χ4n) is 2.27. The Bertz CT molecular complexity index is 656. The van der Waals surface area contributed by atoms with E-state index in [2.05, 4.69) is 4.98 Å². The van der Waals surface area contributed by atoms with Crippen molar-refractivity contribution in [2.75, 3.05) is 7.05 Å². The zero-order chi connectivity index (χ0) is 16.9. The fourth-order valence-corrected chi connectivity index (χ4v) is 2.27. The van der Waals surface area contributed by atoms with E-state index in [0.717, 1.165) is 11.6 Å². The highest BCUT2D eigenvalue weighted by molar-refractivity contribution is 5.76. The molecule has 1 aromatic carbocycles. The second-order valence-electron chi connectivity index (χ2n) is 5.27. The average Bonchev–Trinajstić information content (AvgIpc) is 2.53. The molecular weight excluding hydrogens is 305 g/mol. The summed E-state index contributed by atoms with van der Waals surface area (Å²) in [5.74, 6) is -0.203. The number of pyridine rings is 1. The molecule has 0 unspecified atom stereocenters. The molecule has 2 rings (SSSR count). The largest absolute Gasteiger partial charge is 0.416 e. The molecule has 122 valence electrons. The Labute approximate surface area is 132 Å². The standard InChI is InChI=1S/C17H17F3N2O/c1-22(16(23)9-8-13-5-4-10-21-11-13)12-14-6-2-3-7-15(14)17(18,19)20/h2-7,10-11H,8-9,12H2,1H3. The molecule has 23 heavy (non-hydrogen) atoms. The minimum absolute atomic E-state index is 0.0679. The van der Waals surface area contributed by atoms with Crippen molar-refractivity contribution in [2.45, 2.75) is 25.6 Å². The molecule has 0 radical (unpaired) electrons. The van der Waals surface area contributed by atoms with Crippen LogP contribution in [-0.4, -0.2) is 22.8 Å². The third-order valence-corrected chi connectivity index (χ3v) is 3.51. The molecule has 0 aliphatic carbocycles. The van der Waals surface area contributed by atoms with Gasteiger partial charge in [0.1, 0.15) is 0 Å². The normalized spacial score (nSPS) is 11.3. The molecule has 2 aromatic rings. The number of hydrogen-bond acceptors (Lipinski definition) is 2. The summed E-state index contributed by atoms with van der Waals surface area (Å²) in [7, 11) is 1.51. The first kappa shape index (κ1) is 17.0. The quantitative estimate of drug-likeness (QED) is 0.841. The SMILES string of the molecule is CN(Cc1ccccc1C(F)(F)F)C(=O)CCc1cccnc1. The molecule has 0 N–H and O–H groups in total. The van der Waals surface area contributed by atoms with E-state index in [1.807, 2.05) is 6.07 Å². The highest BCUT2D eigenvalue weighted by atomic mass is 19.4. The van der Waals surface area contributed by atoms with Crippen LogP contribution in [0.3, 0.4) is 0 Å². The maximum absolute atomic E-state index is 13.0. The number of aromatic nitrogens is 1. The van der Waals surface area contributed by atoms with Crippen LogP contribution in [-0.2, 0) is 23.9 Å². The molecule has 0 saturated heterocycles. The van der Waals surface area contributed by atoms with Crippen LogP contribution in [0.15, 0.2) is 48.8 Å². The van der Waals surface area contributed by atoms with E-state index in [9.17, 15) is 18.0 Å². The number of halogens is 3. The minimum Gasteiger partial charge on any atom is -0.341 e. The molecule has 0 spiro atoms. The Morgan fingerprint density at radius 3 is 2.57 bits per heavy atom. The van der Waals surface area contributed by atoms with E-state index in [4.69, 9.17) is 0 Å². The van der Waals surface area contributed by atoms with Gasteiger partial charge in [-0.05, 0) is 29.7 Å². The number of benzene rings is 1. The van der Waals surface area contributed by atoms with Crippen molar-refractivity contribution in [3.05, 3.63) is 65.5 Å². The number of carbonyl (C=O) groups excluding carboxylic acids is 1. The van der Waals surface area contributed by atoms with Crippen LogP contribution in [0.25, 0.3) is 0 Å². The molecule has 0 fully saturated rings. The number of rotatable bonds is 5. The van der Waals surface area contributed by atoms with Crippen LogP contribution in [0.1, 0.15) is 23.1 Å². The second kappa shape index (κ2) is 7.26. The van der Waals surface area contributed by atoms with E-state index in [-0.39, 0.29) is 24.4 Å². The number of carbonyl (C=O) groups is 1. The van der Waals surface area contributed by atoms with Crippen molar-refractivity contribution >= 4 is 5.91 Å². The van der Waals surface area contributed by atoms with Gasteiger partial charge in [-0.15, -0.1) is 0 Å². The van der Waals surface area contributed by atoms with Gasteiger partial charge in [0.05, 0.1) is 5.56 Å². The third-order valence-electron chi connectivity index (χ3n) is 3.51. The van der Waals surface area contributed by atoms with E-state index >= 15 is 0 Å². The predicted molar refractivity (Wildman–Crippen MR) is 80.5 cm³/mol. The van der Waals surface area contributed by atoms with Crippen molar-refractivity contribution in [2.24, 2.45) is 0 Å². The Kier molecular flexibility index (Phi) is 5.36. The van der Waals surface area contributed by atoms with Crippen molar-refractivity contribution in [1.29, 1.82) is 0 Å². The Morgan fingerprint density at radius 1 is 1.17 bits per heavy atom. The molecule has 0 aliphatic rings. The lowest BCUT2D eigenvalue weighted by Gasteiger charge is -2.20. The highest BCUT2D eigenvalue weighted by Crippen LogP contribution is 2.32. The maximum Gasteiger partial charge on any atom is 0.416 e. The Morgan fingerprint density at radius 2 is 1.91 bits per heavy atom. The zero-order valence-electron chi connectivity index (χ0n) is 12.7. The molecule has 1 amide bonds. The first-order chi connectivity index (χ1) is 10.9. The van der Waals surface area contributed by atoms with Gasteiger partial charge in [0, 0.05) is 32.4 Å². The van der Waals surface area contributed by atoms with Gasteiger partial charge in [0.25, 0.3) is 0 Å². The average molecular weight is 322 g/mol. The molecule has 0 saturated carbocycles. The van der Waals surface area contributed by atoms with Crippen LogP contribution < -0.4 is 0 Å². The van der Waals surface area contributed by atoms with Crippen molar-refractivity contribution in [3.63, 3.8) is 0 Å². The molecule has 0 atom stereocenters. The third kappa shape index (κ3) is 4.81. The van der Waals surface area contributed by atoms with Gasteiger partial charge in [-0.3, -0.25) is 9.78 Å². The molecule has 0 bridgehead atoms. The monoisotopic (exact) mass is 322 g/mol. The minimum atomic E-state index is -4.42. The number of nitrogens with zero attached hydrogens (tertiary/aromatic N) is 2. The Balaban J connectivity index is 1.99. The summed E-state index contributed by atoms with van der Waals surface area (Å²) >= 11 is 0. The summed E-state index contributed by atoms with van der Waals surface area (Å²) in [6, 6.07) is 8.95. The van der Waals surface area contributed by atoms with E-state index in [1.54, 1.807) is 24.5 Å². The van der Waals surface area contributed by atoms with E-state index in [1.165, 1.54) is 24.1 Å².